The Labute approximate surface area is 99.9 Å². The lowest BCUT2D eigenvalue weighted by molar-refractivity contribution is 0.499. The lowest BCUT2D eigenvalue weighted by Crippen LogP contribution is -2.28. The van der Waals surface area contributed by atoms with Gasteiger partial charge >= 0.3 is 0 Å². The molecule has 1 aromatic carbocycles. The summed E-state index contributed by atoms with van der Waals surface area (Å²) in [6.07, 6.45) is 7.38. The minimum atomic E-state index is -0.434. The molecule has 1 aromatic rings. The molecule has 0 bridgehead atoms. The molecule has 4 heteroatoms. The Morgan fingerprint density at radius 3 is 2.94 bits per heavy atom. The third kappa shape index (κ3) is 3.21. The van der Waals surface area contributed by atoms with Crippen LogP contribution in [0.15, 0.2) is 18.2 Å². The average Bonchev–Trinajstić information content (AvgIpc) is 2.29. The van der Waals surface area contributed by atoms with E-state index in [-0.39, 0.29) is 11.1 Å². The summed E-state index contributed by atoms with van der Waals surface area (Å²) in [5.74, 6) is 7.54. The maximum atomic E-state index is 13.2. The third-order valence-electron chi connectivity index (χ3n) is 2.37. The molecule has 0 saturated carbocycles. The van der Waals surface area contributed by atoms with Gasteiger partial charge in [-0.25, -0.2) is 4.39 Å². The van der Waals surface area contributed by atoms with Gasteiger partial charge in [-0.15, -0.1) is 12.3 Å². The number of nitrogens with two attached hydrogens (primary N) is 1. The highest BCUT2D eigenvalue weighted by molar-refractivity contribution is 6.31. The fourth-order valence-electron chi connectivity index (χ4n) is 1.53. The smallest absolute Gasteiger partial charge is 0.142 e. The number of hydrogen-bond acceptors (Lipinski definition) is 2. The Kier molecular flexibility index (Phi) is 5.27. The molecular weight excluding hydrogens is 227 g/mol. The zero-order valence-corrected chi connectivity index (χ0v) is 9.60. The summed E-state index contributed by atoms with van der Waals surface area (Å²) in [6, 6.07) is 4.52. The van der Waals surface area contributed by atoms with Gasteiger partial charge in [0.2, 0.25) is 0 Å². The largest absolute Gasteiger partial charge is 0.271 e. The molecular formula is C12H14ClFN2. The van der Waals surface area contributed by atoms with Crippen molar-refractivity contribution in [2.45, 2.75) is 25.3 Å². The highest BCUT2D eigenvalue weighted by atomic mass is 35.5. The Hall–Kier alpha value is -1.08. The number of unbranched alkanes of at least 4 members (excludes halogenated alkanes) is 1. The van der Waals surface area contributed by atoms with Crippen molar-refractivity contribution < 1.29 is 4.39 Å². The van der Waals surface area contributed by atoms with Gasteiger partial charge < -0.3 is 0 Å². The second-order valence-corrected chi connectivity index (χ2v) is 3.84. The first-order valence-electron chi connectivity index (χ1n) is 5.04. The Morgan fingerprint density at radius 2 is 2.31 bits per heavy atom. The van der Waals surface area contributed by atoms with Crippen LogP contribution >= 0.6 is 11.6 Å². The van der Waals surface area contributed by atoms with Crippen molar-refractivity contribution >= 4 is 11.6 Å². The second kappa shape index (κ2) is 6.49. The van der Waals surface area contributed by atoms with E-state index >= 15 is 0 Å². The molecule has 0 spiro atoms. The van der Waals surface area contributed by atoms with E-state index in [4.69, 9.17) is 23.9 Å². The van der Waals surface area contributed by atoms with Crippen LogP contribution < -0.4 is 11.3 Å². The lowest BCUT2D eigenvalue weighted by Gasteiger charge is -2.17. The van der Waals surface area contributed by atoms with Crippen LogP contribution in [0.4, 0.5) is 4.39 Å². The molecule has 0 aromatic heterocycles. The van der Waals surface area contributed by atoms with Gasteiger partial charge in [0.1, 0.15) is 5.82 Å². The number of hydrogen-bond donors (Lipinski definition) is 2. The number of benzene rings is 1. The molecule has 1 unspecified atom stereocenters. The van der Waals surface area contributed by atoms with Gasteiger partial charge in [0, 0.05) is 12.5 Å². The average molecular weight is 241 g/mol. The number of nitrogens with one attached hydrogen (secondary N) is 1. The highest BCUT2D eigenvalue weighted by Crippen LogP contribution is 2.28. The summed E-state index contributed by atoms with van der Waals surface area (Å²) in [7, 11) is 0. The maximum absolute atomic E-state index is 13.2. The van der Waals surface area contributed by atoms with E-state index in [9.17, 15) is 4.39 Å². The summed E-state index contributed by atoms with van der Waals surface area (Å²) in [4.78, 5) is 0. The van der Waals surface area contributed by atoms with Crippen LogP contribution in [-0.2, 0) is 0 Å². The number of hydrazine groups is 1. The van der Waals surface area contributed by atoms with Crippen molar-refractivity contribution in [2.24, 2.45) is 5.84 Å². The lowest BCUT2D eigenvalue weighted by atomic mass is 10.0. The van der Waals surface area contributed by atoms with Crippen molar-refractivity contribution in [1.82, 2.24) is 5.43 Å². The molecule has 0 aliphatic heterocycles. The molecule has 2 nitrogen and oxygen atoms in total. The van der Waals surface area contributed by atoms with Crippen molar-refractivity contribution in [3.8, 4) is 12.3 Å². The minimum absolute atomic E-state index is 0.117. The first-order chi connectivity index (χ1) is 7.70. The third-order valence-corrected chi connectivity index (χ3v) is 2.77. The van der Waals surface area contributed by atoms with Crippen LogP contribution in [0.3, 0.4) is 0 Å². The SMILES string of the molecule is C#CCCCC(NN)c1cccc(F)c1Cl. The monoisotopic (exact) mass is 240 g/mol. The van der Waals surface area contributed by atoms with E-state index in [2.05, 4.69) is 11.3 Å². The first-order valence-corrected chi connectivity index (χ1v) is 5.42. The van der Waals surface area contributed by atoms with Gasteiger partial charge in [-0.2, -0.15) is 0 Å². The molecule has 16 heavy (non-hydrogen) atoms. The molecule has 3 N–H and O–H groups in total. The summed E-state index contributed by atoms with van der Waals surface area (Å²) in [5, 5.41) is 0.117. The van der Waals surface area contributed by atoms with Crippen LogP contribution in [0.1, 0.15) is 30.9 Å². The van der Waals surface area contributed by atoms with Crippen molar-refractivity contribution in [1.29, 1.82) is 0 Å². The zero-order valence-electron chi connectivity index (χ0n) is 8.84. The molecule has 0 heterocycles. The van der Waals surface area contributed by atoms with Crippen LogP contribution in [-0.4, -0.2) is 0 Å². The van der Waals surface area contributed by atoms with Crippen LogP contribution in [0, 0.1) is 18.2 Å². The van der Waals surface area contributed by atoms with E-state index < -0.39 is 5.82 Å². The van der Waals surface area contributed by atoms with Gasteiger partial charge in [0.25, 0.3) is 0 Å². The van der Waals surface area contributed by atoms with Crippen molar-refractivity contribution in [2.75, 3.05) is 0 Å². The predicted octanol–water partition coefficient (Wildman–Crippen LogP) is 2.79. The van der Waals surface area contributed by atoms with E-state index in [0.29, 0.717) is 12.0 Å². The fourth-order valence-corrected chi connectivity index (χ4v) is 1.78. The van der Waals surface area contributed by atoms with E-state index in [0.717, 1.165) is 12.8 Å². The van der Waals surface area contributed by atoms with Gasteiger partial charge in [-0.1, -0.05) is 23.7 Å². The zero-order chi connectivity index (χ0) is 12.0. The Bertz CT molecular complexity index is 387. The maximum Gasteiger partial charge on any atom is 0.142 e. The minimum Gasteiger partial charge on any atom is -0.271 e. The van der Waals surface area contributed by atoms with E-state index in [1.807, 2.05) is 0 Å². The quantitative estimate of drug-likeness (QED) is 0.360. The first kappa shape index (κ1) is 13.0. The number of halogens is 2. The van der Waals surface area contributed by atoms with Crippen LogP contribution in [0.25, 0.3) is 0 Å². The van der Waals surface area contributed by atoms with Gasteiger partial charge in [0.15, 0.2) is 0 Å². The summed E-state index contributed by atoms with van der Waals surface area (Å²) in [5.41, 5.74) is 3.29. The normalized spacial score (nSPS) is 12.1. The van der Waals surface area contributed by atoms with E-state index in [1.165, 1.54) is 6.07 Å². The van der Waals surface area contributed by atoms with Gasteiger partial charge in [-0.3, -0.25) is 11.3 Å². The Morgan fingerprint density at radius 1 is 1.56 bits per heavy atom. The molecule has 1 rings (SSSR count). The summed E-state index contributed by atoms with van der Waals surface area (Å²) >= 11 is 5.87. The van der Waals surface area contributed by atoms with Crippen molar-refractivity contribution in [3.05, 3.63) is 34.6 Å². The van der Waals surface area contributed by atoms with Gasteiger partial charge in [-0.05, 0) is 24.5 Å². The molecule has 0 aliphatic rings. The molecule has 0 amide bonds. The Balaban J connectivity index is 2.79. The predicted molar refractivity (Wildman–Crippen MR) is 64.2 cm³/mol. The number of rotatable bonds is 5. The van der Waals surface area contributed by atoms with Crippen LogP contribution in [0.5, 0.6) is 0 Å². The second-order valence-electron chi connectivity index (χ2n) is 3.46. The molecule has 0 aliphatic carbocycles. The molecule has 0 fully saturated rings. The molecule has 86 valence electrons. The fraction of sp³-hybridized carbons (Fsp3) is 0.333. The van der Waals surface area contributed by atoms with Crippen LogP contribution in [0.2, 0.25) is 5.02 Å². The van der Waals surface area contributed by atoms with Gasteiger partial charge in [0.05, 0.1) is 5.02 Å². The molecule has 0 radical (unpaired) electrons. The van der Waals surface area contributed by atoms with Crippen molar-refractivity contribution in [3.63, 3.8) is 0 Å². The molecule has 1 atom stereocenters. The summed E-state index contributed by atoms with van der Waals surface area (Å²) in [6.45, 7) is 0. The summed E-state index contributed by atoms with van der Waals surface area (Å²) < 4.78 is 13.2. The topological polar surface area (TPSA) is 38.0 Å². The molecule has 0 saturated heterocycles. The van der Waals surface area contributed by atoms with E-state index in [1.54, 1.807) is 12.1 Å². The number of terminal acetylenes is 1. The highest BCUT2D eigenvalue weighted by Gasteiger charge is 2.14. The standard InChI is InChI=1S/C12H14ClFN2/c1-2-3-4-8-11(16-15)9-6-5-7-10(14)12(9)13/h1,5-7,11,16H,3-4,8,15H2.